The van der Waals surface area contributed by atoms with Crippen LogP contribution >= 0.6 is 11.3 Å². The molecule has 0 fully saturated rings. The minimum absolute atomic E-state index is 0.0138. The molecule has 2 heterocycles. The summed E-state index contributed by atoms with van der Waals surface area (Å²) in [6.07, 6.45) is 4.63. The lowest BCUT2D eigenvalue weighted by Gasteiger charge is -2.19. The van der Waals surface area contributed by atoms with Crippen LogP contribution in [0.25, 0.3) is 0 Å². The van der Waals surface area contributed by atoms with Gasteiger partial charge in [0.15, 0.2) is 0 Å². The van der Waals surface area contributed by atoms with Crippen LogP contribution in [-0.4, -0.2) is 24.6 Å². The summed E-state index contributed by atoms with van der Waals surface area (Å²) in [6, 6.07) is 7.50. The van der Waals surface area contributed by atoms with Crippen molar-refractivity contribution in [3.8, 4) is 0 Å². The normalized spacial score (nSPS) is 13.0. The van der Waals surface area contributed by atoms with Gasteiger partial charge < -0.3 is 4.98 Å². The number of imidazole rings is 1. The van der Waals surface area contributed by atoms with Crippen molar-refractivity contribution in [2.24, 2.45) is 0 Å². The van der Waals surface area contributed by atoms with E-state index in [4.69, 9.17) is 0 Å². The lowest BCUT2D eigenvalue weighted by atomic mass is 9.87. The van der Waals surface area contributed by atoms with E-state index in [-0.39, 0.29) is 5.92 Å². The third-order valence-corrected chi connectivity index (χ3v) is 5.51. The Labute approximate surface area is 145 Å². The molecular formula is C17H19N3O2S2. The van der Waals surface area contributed by atoms with Gasteiger partial charge in [-0.25, -0.2) is 13.4 Å². The highest BCUT2D eigenvalue weighted by Gasteiger charge is 2.23. The van der Waals surface area contributed by atoms with Gasteiger partial charge in [0.2, 0.25) is 10.0 Å². The minimum atomic E-state index is -3.31. The average molecular weight is 361 g/mol. The molecule has 0 aliphatic carbocycles. The summed E-state index contributed by atoms with van der Waals surface area (Å²) in [6.45, 7) is 4.20. The number of sulfonamides is 1. The molecular weight excluding hydrogens is 342 g/mol. The van der Waals surface area contributed by atoms with E-state index in [0.29, 0.717) is 5.69 Å². The minimum Gasteiger partial charge on any atom is -0.348 e. The summed E-state index contributed by atoms with van der Waals surface area (Å²) in [4.78, 5) is 8.60. The van der Waals surface area contributed by atoms with Crippen molar-refractivity contribution >= 4 is 27.0 Å². The average Bonchev–Trinajstić information content (AvgIpc) is 3.12. The Balaban J connectivity index is 2.12. The first-order chi connectivity index (χ1) is 11.3. The first kappa shape index (κ1) is 16.7. The fourth-order valence-electron chi connectivity index (χ4n) is 2.93. The van der Waals surface area contributed by atoms with Gasteiger partial charge in [-0.3, -0.25) is 4.72 Å². The number of anilines is 1. The molecule has 0 aliphatic heterocycles. The first-order valence-electron chi connectivity index (χ1n) is 7.46. The van der Waals surface area contributed by atoms with Gasteiger partial charge in [-0.05, 0) is 48.1 Å². The molecule has 0 amide bonds. The van der Waals surface area contributed by atoms with Crippen LogP contribution in [0.15, 0.2) is 42.2 Å². The van der Waals surface area contributed by atoms with Crippen LogP contribution in [0.2, 0.25) is 0 Å². The second kappa shape index (κ2) is 6.41. The maximum Gasteiger partial charge on any atom is 0.229 e. The fourth-order valence-corrected chi connectivity index (χ4v) is 4.38. The van der Waals surface area contributed by atoms with E-state index in [0.717, 1.165) is 17.5 Å². The number of aromatic nitrogens is 2. The standard InChI is InChI=1S/C17H19N3O2S2/c1-11-9-23-12(2)16(11)17(15-8-18-10-19-15)13-5-4-6-14(7-13)20-24(3,21)22/h4-10,17,20H,1-3H3,(H,18,19). The first-order valence-corrected chi connectivity index (χ1v) is 10.2. The number of hydrogen-bond donors (Lipinski definition) is 2. The van der Waals surface area contributed by atoms with Crippen LogP contribution in [0.5, 0.6) is 0 Å². The molecule has 1 aromatic carbocycles. The summed E-state index contributed by atoms with van der Waals surface area (Å²) in [5.74, 6) is -0.0138. The topological polar surface area (TPSA) is 74.8 Å². The second-order valence-electron chi connectivity index (χ2n) is 5.83. The second-order valence-corrected chi connectivity index (χ2v) is 8.66. The summed E-state index contributed by atoms with van der Waals surface area (Å²) in [7, 11) is -3.31. The van der Waals surface area contributed by atoms with E-state index in [1.54, 1.807) is 23.7 Å². The number of benzene rings is 1. The third-order valence-electron chi connectivity index (χ3n) is 3.86. The largest absolute Gasteiger partial charge is 0.348 e. The Morgan fingerprint density at radius 3 is 2.67 bits per heavy atom. The zero-order valence-electron chi connectivity index (χ0n) is 13.7. The molecule has 7 heteroatoms. The van der Waals surface area contributed by atoms with Gasteiger partial charge in [0.25, 0.3) is 0 Å². The van der Waals surface area contributed by atoms with Gasteiger partial charge in [-0.2, -0.15) is 0 Å². The van der Waals surface area contributed by atoms with E-state index in [2.05, 4.69) is 33.9 Å². The molecule has 5 nitrogen and oxygen atoms in total. The van der Waals surface area contributed by atoms with Crippen molar-refractivity contribution in [2.45, 2.75) is 19.8 Å². The molecule has 0 aliphatic rings. The molecule has 24 heavy (non-hydrogen) atoms. The van der Waals surface area contributed by atoms with Crippen molar-refractivity contribution in [3.05, 3.63) is 69.4 Å². The van der Waals surface area contributed by atoms with Gasteiger partial charge in [0.05, 0.1) is 18.5 Å². The van der Waals surface area contributed by atoms with Crippen LogP contribution < -0.4 is 4.72 Å². The highest BCUT2D eigenvalue weighted by atomic mass is 32.2. The lowest BCUT2D eigenvalue weighted by Crippen LogP contribution is -2.11. The van der Waals surface area contributed by atoms with Crippen molar-refractivity contribution in [3.63, 3.8) is 0 Å². The maximum absolute atomic E-state index is 11.5. The van der Waals surface area contributed by atoms with Crippen LogP contribution in [0.1, 0.15) is 33.2 Å². The number of nitrogens with one attached hydrogen (secondary N) is 2. The van der Waals surface area contributed by atoms with Crippen molar-refractivity contribution in [2.75, 3.05) is 11.0 Å². The monoisotopic (exact) mass is 361 g/mol. The number of H-pyrrole nitrogens is 1. The quantitative estimate of drug-likeness (QED) is 0.728. The molecule has 0 saturated carbocycles. The molecule has 0 saturated heterocycles. The molecule has 3 aromatic rings. The predicted molar refractivity (Wildman–Crippen MR) is 98.2 cm³/mol. The van der Waals surface area contributed by atoms with Gasteiger partial charge >= 0.3 is 0 Å². The number of aryl methyl sites for hydroxylation is 2. The smallest absolute Gasteiger partial charge is 0.229 e. The molecule has 0 radical (unpaired) electrons. The maximum atomic E-state index is 11.5. The van der Waals surface area contributed by atoms with E-state index < -0.39 is 10.0 Å². The molecule has 0 bridgehead atoms. The molecule has 2 N–H and O–H groups in total. The van der Waals surface area contributed by atoms with Crippen LogP contribution in [-0.2, 0) is 10.0 Å². The molecule has 1 atom stereocenters. The van der Waals surface area contributed by atoms with Gasteiger partial charge in [0.1, 0.15) is 0 Å². The van der Waals surface area contributed by atoms with Gasteiger partial charge in [-0.1, -0.05) is 12.1 Å². The van der Waals surface area contributed by atoms with Crippen LogP contribution in [0.4, 0.5) is 5.69 Å². The highest BCUT2D eigenvalue weighted by molar-refractivity contribution is 7.92. The summed E-state index contributed by atoms with van der Waals surface area (Å²) < 4.78 is 25.6. The number of thiophene rings is 1. The lowest BCUT2D eigenvalue weighted by molar-refractivity contribution is 0.607. The Hall–Kier alpha value is -2.12. The molecule has 0 spiro atoms. The Bertz CT molecular complexity index is 925. The number of aromatic amines is 1. The Kier molecular flexibility index (Phi) is 4.47. The number of hydrogen-bond acceptors (Lipinski definition) is 4. The zero-order chi connectivity index (χ0) is 17.3. The van der Waals surface area contributed by atoms with E-state index in [9.17, 15) is 8.42 Å². The fraction of sp³-hybridized carbons (Fsp3) is 0.235. The SMILES string of the molecule is Cc1csc(C)c1C(c1cccc(NS(C)(=O)=O)c1)c1cnc[nH]1. The number of nitrogens with zero attached hydrogens (tertiary/aromatic N) is 1. The molecule has 3 rings (SSSR count). The van der Waals surface area contributed by atoms with Crippen LogP contribution in [0, 0.1) is 13.8 Å². The van der Waals surface area contributed by atoms with Gasteiger partial charge in [0, 0.05) is 22.5 Å². The van der Waals surface area contributed by atoms with E-state index >= 15 is 0 Å². The third kappa shape index (κ3) is 3.52. The van der Waals surface area contributed by atoms with E-state index in [1.165, 1.54) is 16.0 Å². The number of rotatable bonds is 5. The van der Waals surface area contributed by atoms with Crippen molar-refractivity contribution in [1.82, 2.24) is 9.97 Å². The summed E-state index contributed by atoms with van der Waals surface area (Å²) in [5, 5.41) is 2.15. The Morgan fingerprint density at radius 2 is 2.08 bits per heavy atom. The van der Waals surface area contributed by atoms with Gasteiger partial charge in [-0.15, -0.1) is 11.3 Å². The highest BCUT2D eigenvalue weighted by Crippen LogP contribution is 2.38. The van der Waals surface area contributed by atoms with Crippen LogP contribution in [0.3, 0.4) is 0 Å². The van der Waals surface area contributed by atoms with E-state index in [1.807, 2.05) is 24.4 Å². The summed E-state index contributed by atoms with van der Waals surface area (Å²) >= 11 is 1.72. The zero-order valence-corrected chi connectivity index (χ0v) is 15.3. The summed E-state index contributed by atoms with van der Waals surface area (Å²) in [5.41, 5.74) is 5.01. The van der Waals surface area contributed by atoms with Crippen molar-refractivity contribution in [1.29, 1.82) is 0 Å². The Morgan fingerprint density at radius 1 is 1.29 bits per heavy atom. The molecule has 126 valence electrons. The molecule has 1 unspecified atom stereocenters. The van der Waals surface area contributed by atoms with Crippen molar-refractivity contribution < 1.29 is 8.42 Å². The predicted octanol–water partition coefficient (Wildman–Crippen LogP) is 3.64. The molecule has 2 aromatic heterocycles.